The standard InChI is InChI=1S/C10H15NO2S/c1-3-9-11-8(7-14-9)5-6-10(12)13-4-2/h7H,3-6H2,1-2H3. The first-order valence-corrected chi connectivity index (χ1v) is 5.73. The molecule has 0 fully saturated rings. The first kappa shape index (κ1) is 11.2. The summed E-state index contributed by atoms with van der Waals surface area (Å²) in [6.07, 6.45) is 2.08. The Morgan fingerprint density at radius 3 is 2.93 bits per heavy atom. The largest absolute Gasteiger partial charge is 0.466 e. The Bertz CT molecular complexity index is 296. The smallest absolute Gasteiger partial charge is 0.306 e. The van der Waals surface area contributed by atoms with Crippen LogP contribution in [-0.4, -0.2) is 17.6 Å². The molecule has 0 saturated heterocycles. The maximum Gasteiger partial charge on any atom is 0.306 e. The van der Waals surface area contributed by atoms with Gasteiger partial charge in [-0.25, -0.2) is 4.98 Å². The Hall–Kier alpha value is -0.900. The topological polar surface area (TPSA) is 39.2 Å². The number of ether oxygens (including phenoxy) is 1. The van der Waals surface area contributed by atoms with Crippen molar-refractivity contribution < 1.29 is 9.53 Å². The molecule has 0 spiro atoms. The van der Waals surface area contributed by atoms with Crippen LogP contribution in [-0.2, 0) is 22.4 Å². The summed E-state index contributed by atoms with van der Waals surface area (Å²) >= 11 is 1.65. The maximum atomic E-state index is 11.0. The third-order valence-corrected chi connectivity index (χ3v) is 2.83. The fraction of sp³-hybridized carbons (Fsp3) is 0.600. The van der Waals surface area contributed by atoms with Gasteiger partial charge in [-0.05, 0) is 13.3 Å². The molecule has 0 amide bonds. The molecule has 0 radical (unpaired) electrons. The van der Waals surface area contributed by atoms with Gasteiger partial charge in [-0.3, -0.25) is 4.79 Å². The van der Waals surface area contributed by atoms with Gasteiger partial charge in [0.1, 0.15) is 0 Å². The molecule has 0 N–H and O–H groups in total. The van der Waals surface area contributed by atoms with Crippen LogP contribution < -0.4 is 0 Å². The number of esters is 1. The van der Waals surface area contributed by atoms with Crippen molar-refractivity contribution in [2.45, 2.75) is 33.1 Å². The third kappa shape index (κ3) is 3.46. The second-order valence-corrected chi connectivity index (χ2v) is 3.83. The first-order chi connectivity index (χ1) is 6.76. The van der Waals surface area contributed by atoms with Crippen molar-refractivity contribution in [1.29, 1.82) is 0 Å². The zero-order valence-corrected chi connectivity index (χ0v) is 9.39. The Kier molecular flexibility index (Phi) is 4.59. The zero-order chi connectivity index (χ0) is 10.4. The number of aromatic nitrogens is 1. The molecular weight excluding hydrogens is 198 g/mol. The molecule has 0 saturated carbocycles. The lowest BCUT2D eigenvalue weighted by atomic mass is 10.2. The van der Waals surface area contributed by atoms with Crippen LogP contribution in [0.3, 0.4) is 0 Å². The van der Waals surface area contributed by atoms with Crippen LogP contribution in [0.5, 0.6) is 0 Å². The van der Waals surface area contributed by atoms with Crippen molar-refractivity contribution in [3.05, 3.63) is 16.1 Å². The molecule has 1 aromatic heterocycles. The Balaban J connectivity index is 2.34. The zero-order valence-electron chi connectivity index (χ0n) is 8.58. The van der Waals surface area contributed by atoms with E-state index in [2.05, 4.69) is 11.9 Å². The van der Waals surface area contributed by atoms with Crippen molar-refractivity contribution in [2.24, 2.45) is 0 Å². The first-order valence-electron chi connectivity index (χ1n) is 4.85. The molecule has 0 aliphatic carbocycles. The fourth-order valence-electron chi connectivity index (χ4n) is 1.09. The summed E-state index contributed by atoms with van der Waals surface area (Å²) in [6.45, 7) is 4.35. The van der Waals surface area contributed by atoms with Crippen LogP contribution in [0.2, 0.25) is 0 Å². The van der Waals surface area contributed by atoms with Gasteiger partial charge in [-0.2, -0.15) is 0 Å². The second kappa shape index (κ2) is 5.75. The van der Waals surface area contributed by atoms with E-state index in [1.807, 2.05) is 12.3 Å². The summed E-state index contributed by atoms with van der Waals surface area (Å²) < 4.78 is 4.83. The maximum absolute atomic E-state index is 11.0. The number of aryl methyl sites for hydroxylation is 2. The van der Waals surface area contributed by atoms with Crippen molar-refractivity contribution in [2.75, 3.05) is 6.61 Å². The Morgan fingerprint density at radius 2 is 2.36 bits per heavy atom. The van der Waals surface area contributed by atoms with Crippen LogP contribution in [0.1, 0.15) is 31.0 Å². The highest BCUT2D eigenvalue weighted by Gasteiger charge is 2.05. The van der Waals surface area contributed by atoms with Gasteiger partial charge in [0, 0.05) is 11.8 Å². The molecule has 0 bridgehead atoms. The van der Waals surface area contributed by atoms with Gasteiger partial charge >= 0.3 is 5.97 Å². The minimum Gasteiger partial charge on any atom is -0.466 e. The molecule has 0 unspecified atom stereocenters. The van der Waals surface area contributed by atoms with Crippen molar-refractivity contribution in [1.82, 2.24) is 4.98 Å². The molecular formula is C10H15NO2S. The van der Waals surface area contributed by atoms with Gasteiger partial charge in [-0.1, -0.05) is 6.92 Å². The predicted octanol–water partition coefficient (Wildman–Crippen LogP) is 2.20. The minimum atomic E-state index is -0.140. The average Bonchev–Trinajstić information content (AvgIpc) is 2.63. The lowest BCUT2D eigenvalue weighted by Gasteiger charge is -1.98. The van der Waals surface area contributed by atoms with E-state index < -0.39 is 0 Å². The molecule has 1 rings (SSSR count). The Labute approximate surface area is 88.1 Å². The van der Waals surface area contributed by atoms with Gasteiger partial charge in [0.25, 0.3) is 0 Å². The van der Waals surface area contributed by atoms with E-state index in [-0.39, 0.29) is 5.97 Å². The number of hydrogen-bond donors (Lipinski definition) is 0. The molecule has 1 heterocycles. The lowest BCUT2D eigenvalue weighted by Crippen LogP contribution is -2.05. The summed E-state index contributed by atoms with van der Waals surface area (Å²) in [5.41, 5.74) is 1.000. The molecule has 14 heavy (non-hydrogen) atoms. The summed E-state index contributed by atoms with van der Waals surface area (Å²) in [4.78, 5) is 15.4. The van der Waals surface area contributed by atoms with E-state index >= 15 is 0 Å². The van der Waals surface area contributed by atoms with Crippen LogP contribution in [0, 0.1) is 0 Å². The van der Waals surface area contributed by atoms with Crippen molar-refractivity contribution in [3.8, 4) is 0 Å². The van der Waals surface area contributed by atoms with E-state index in [1.54, 1.807) is 11.3 Å². The van der Waals surface area contributed by atoms with Gasteiger partial charge in [0.15, 0.2) is 0 Å². The molecule has 78 valence electrons. The summed E-state index contributed by atoms with van der Waals surface area (Å²) in [5.74, 6) is -0.140. The number of carbonyl (C=O) groups is 1. The van der Waals surface area contributed by atoms with E-state index in [0.29, 0.717) is 19.4 Å². The molecule has 0 atom stereocenters. The highest BCUT2D eigenvalue weighted by Crippen LogP contribution is 2.11. The normalized spacial score (nSPS) is 10.1. The van der Waals surface area contributed by atoms with E-state index in [1.165, 1.54) is 0 Å². The highest BCUT2D eigenvalue weighted by atomic mass is 32.1. The summed E-state index contributed by atoms with van der Waals surface area (Å²) in [7, 11) is 0. The lowest BCUT2D eigenvalue weighted by molar-refractivity contribution is -0.143. The molecule has 4 heteroatoms. The van der Waals surface area contributed by atoms with Crippen LogP contribution in [0.4, 0.5) is 0 Å². The number of carbonyl (C=O) groups excluding carboxylic acids is 1. The molecule has 0 aliphatic rings. The van der Waals surface area contributed by atoms with Crippen LogP contribution in [0.25, 0.3) is 0 Å². The van der Waals surface area contributed by atoms with Gasteiger partial charge in [-0.15, -0.1) is 11.3 Å². The number of hydrogen-bond acceptors (Lipinski definition) is 4. The molecule has 0 aliphatic heterocycles. The quantitative estimate of drug-likeness (QED) is 0.704. The second-order valence-electron chi connectivity index (χ2n) is 2.89. The third-order valence-electron chi connectivity index (χ3n) is 1.79. The Morgan fingerprint density at radius 1 is 1.57 bits per heavy atom. The van der Waals surface area contributed by atoms with Gasteiger partial charge in [0.2, 0.25) is 0 Å². The van der Waals surface area contributed by atoms with Gasteiger partial charge < -0.3 is 4.74 Å². The molecule has 1 aromatic rings. The van der Waals surface area contributed by atoms with E-state index in [9.17, 15) is 4.79 Å². The highest BCUT2D eigenvalue weighted by molar-refractivity contribution is 7.09. The summed E-state index contributed by atoms with van der Waals surface area (Å²) in [5, 5.41) is 3.14. The monoisotopic (exact) mass is 213 g/mol. The average molecular weight is 213 g/mol. The predicted molar refractivity (Wildman–Crippen MR) is 56.4 cm³/mol. The number of thiazole rings is 1. The van der Waals surface area contributed by atoms with E-state index in [0.717, 1.165) is 17.1 Å². The molecule has 3 nitrogen and oxygen atoms in total. The summed E-state index contributed by atoms with van der Waals surface area (Å²) in [6, 6.07) is 0. The fourth-order valence-corrected chi connectivity index (χ4v) is 1.87. The van der Waals surface area contributed by atoms with E-state index in [4.69, 9.17) is 4.74 Å². The molecule has 0 aromatic carbocycles. The van der Waals surface area contributed by atoms with Crippen LogP contribution >= 0.6 is 11.3 Å². The number of rotatable bonds is 5. The van der Waals surface area contributed by atoms with Crippen molar-refractivity contribution >= 4 is 17.3 Å². The van der Waals surface area contributed by atoms with Gasteiger partial charge in [0.05, 0.1) is 23.7 Å². The number of nitrogens with zero attached hydrogens (tertiary/aromatic N) is 1. The van der Waals surface area contributed by atoms with Crippen LogP contribution in [0.15, 0.2) is 5.38 Å². The SMILES string of the molecule is CCOC(=O)CCc1csc(CC)n1. The minimum absolute atomic E-state index is 0.140. The van der Waals surface area contributed by atoms with Crippen molar-refractivity contribution in [3.63, 3.8) is 0 Å².